The number of β-amino-alcohol motifs (C(OH)–C–C–N with tert-alkyl or cyclic N) is 1. The molecule has 8 nitrogen and oxygen atoms in total. The van der Waals surface area contributed by atoms with Gasteiger partial charge in [0.05, 0.1) is 6.10 Å². The van der Waals surface area contributed by atoms with Crippen LogP contribution < -0.4 is 5.32 Å². The van der Waals surface area contributed by atoms with Gasteiger partial charge in [-0.05, 0) is 40.7 Å². The number of hydrogen-bond acceptors (Lipinski definition) is 6. The zero-order valence-corrected chi connectivity index (χ0v) is 19.7. The van der Waals surface area contributed by atoms with Gasteiger partial charge in [0, 0.05) is 18.9 Å². The van der Waals surface area contributed by atoms with Crippen molar-refractivity contribution < 1.29 is 29.3 Å². The van der Waals surface area contributed by atoms with Crippen LogP contribution in [0.25, 0.3) is 11.1 Å². The number of ether oxygens (including phenoxy) is 1. The smallest absolute Gasteiger partial charge is 0.407 e. The lowest BCUT2D eigenvalue weighted by atomic mass is 9.98. The fourth-order valence-electron chi connectivity index (χ4n) is 4.77. The number of carboxylic acids is 1. The molecule has 0 bridgehead atoms. The molecule has 0 radical (unpaired) electrons. The number of carbonyl (C=O) groups excluding carboxylic acids is 2. The zero-order valence-electron chi connectivity index (χ0n) is 18.8. The molecular weight excluding hydrogens is 456 g/mol. The molecule has 2 aromatic carbocycles. The number of nitrogens with zero attached hydrogens (tertiary/aromatic N) is 1. The number of aliphatic carboxylic acids is 1. The number of carbonyl (C=O) groups is 3. The van der Waals surface area contributed by atoms with E-state index >= 15 is 0 Å². The Hall–Kier alpha value is -3.04. The number of amides is 2. The van der Waals surface area contributed by atoms with Crippen LogP contribution in [-0.2, 0) is 14.3 Å². The molecule has 9 heteroatoms. The Bertz CT molecular complexity index is 1030. The van der Waals surface area contributed by atoms with Gasteiger partial charge in [0.2, 0.25) is 5.91 Å². The van der Waals surface area contributed by atoms with E-state index in [4.69, 9.17) is 4.74 Å². The number of thioether (sulfide) groups is 1. The van der Waals surface area contributed by atoms with Crippen LogP contribution in [0.4, 0.5) is 4.79 Å². The third kappa shape index (κ3) is 4.90. The van der Waals surface area contributed by atoms with Crippen LogP contribution in [0.2, 0.25) is 0 Å². The number of alkyl carbamates (subject to hydrolysis) is 1. The van der Waals surface area contributed by atoms with Crippen LogP contribution in [0.15, 0.2) is 48.5 Å². The first-order valence-electron chi connectivity index (χ1n) is 11.2. The molecule has 1 aliphatic heterocycles. The van der Waals surface area contributed by atoms with Gasteiger partial charge in [0.1, 0.15) is 18.7 Å². The number of aliphatic hydroxyl groups excluding tert-OH is 1. The minimum Gasteiger partial charge on any atom is -0.480 e. The average molecular weight is 485 g/mol. The molecule has 0 aromatic heterocycles. The lowest BCUT2D eigenvalue weighted by molar-refractivity contribution is -0.149. The second-order valence-corrected chi connectivity index (χ2v) is 9.52. The molecule has 1 fully saturated rings. The van der Waals surface area contributed by atoms with Crippen LogP contribution in [0.1, 0.15) is 29.9 Å². The molecule has 1 heterocycles. The summed E-state index contributed by atoms with van der Waals surface area (Å²) in [5.41, 5.74) is 4.41. The van der Waals surface area contributed by atoms with Crippen molar-refractivity contribution in [3.63, 3.8) is 0 Å². The SMILES string of the molecule is CSCC[C@H](NC(=O)OCC1c2ccccc2-c2ccccc21)C(=O)N1C[C@H](O)C[C@@H]1C(=O)O. The van der Waals surface area contributed by atoms with Gasteiger partial charge in [0.25, 0.3) is 0 Å². The molecule has 2 aromatic rings. The molecule has 2 amide bonds. The van der Waals surface area contributed by atoms with Gasteiger partial charge >= 0.3 is 12.1 Å². The summed E-state index contributed by atoms with van der Waals surface area (Å²) in [6.07, 6.45) is 0.549. The zero-order chi connectivity index (χ0) is 24.2. The highest BCUT2D eigenvalue weighted by Crippen LogP contribution is 2.44. The number of nitrogens with one attached hydrogen (secondary N) is 1. The number of carboxylic acid groups (broad SMARTS) is 1. The molecule has 1 aliphatic carbocycles. The van der Waals surface area contributed by atoms with Crippen LogP contribution in [0.5, 0.6) is 0 Å². The van der Waals surface area contributed by atoms with Crippen molar-refractivity contribution in [1.29, 1.82) is 0 Å². The summed E-state index contributed by atoms with van der Waals surface area (Å²) >= 11 is 1.51. The lowest BCUT2D eigenvalue weighted by Crippen LogP contribution is -2.52. The highest BCUT2D eigenvalue weighted by molar-refractivity contribution is 7.98. The Kier molecular flexibility index (Phi) is 7.43. The average Bonchev–Trinajstić information content (AvgIpc) is 3.38. The highest BCUT2D eigenvalue weighted by atomic mass is 32.2. The summed E-state index contributed by atoms with van der Waals surface area (Å²) in [4.78, 5) is 38.5. The lowest BCUT2D eigenvalue weighted by Gasteiger charge is -2.27. The van der Waals surface area contributed by atoms with Crippen LogP contribution >= 0.6 is 11.8 Å². The first kappa shape index (κ1) is 24.1. The van der Waals surface area contributed by atoms with Crippen LogP contribution in [0, 0.1) is 0 Å². The fraction of sp³-hybridized carbons (Fsp3) is 0.400. The standard InChI is InChI=1S/C25H28N2O6S/c1-34-11-10-21(23(29)27-13-15(28)12-22(27)24(30)31)26-25(32)33-14-20-18-8-4-2-6-16(18)17-7-3-5-9-19(17)20/h2-9,15,20-22,28H,10-14H2,1H3,(H,26,32)(H,30,31)/t15-,21+,22-/m1/s1. The number of hydrogen-bond donors (Lipinski definition) is 3. The molecule has 3 atom stereocenters. The molecular formula is C25H28N2O6S. The Morgan fingerprint density at radius 3 is 2.32 bits per heavy atom. The van der Waals surface area contributed by atoms with Gasteiger partial charge in [-0.1, -0.05) is 48.5 Å². The van der Waals surface area contributed by atoms with Crippen molar-refractivity contribution >= 4 is 29.7 Å². The third-order valence-electron chi connectivity index (χ3n) is 6.39. The van der Waals surface area contributed by atoms with E-state index in [2.05, 4.69) is 17.4 Å². The molecule has 4 rings (SSSR count). The van der Waals surface area contributed by atoms with E-state index < -0.39 is 36.2 Å². The van der Waals surface area contributed by atoms with Crippen molar-refractivity contribution in [1.82, 2.24) is 10.2 Å². The van der Waals surface area contributed by atoms with Gasteiger partial charge < -0.3 is 25.2 Å². The third-order valence-corrected chi connectivity index (χ3v) is 7.04. The molecule has 0 spiro atoms. The summed E-state index contributed by atoms with van der Waals surface area (Å²) in [5.74, 6) is -1.21. The molecule has 0 saturated carbocycles. The number of aliphatic hydroxyl groups is 1. The van der Waals surface area contributed by atoms with Gasteiger partial charge in [-0.15, -0.1) is 0 Å². The summed E-state index contributed by atoms with van der Waals surface area (Å²) in [6.45, 7) is 0.0431. The monoisotopic (exact) mass is 484 g/mol. The quantitative estimate of drug-likeness (QED) is 0.528. The maximum Gasteiger partial charge on any atom is 0.407 e. The van der Waals surface area contributed by atoms with E-state index in [-0.39, 0.29) is 25.5 Å². The van der Waals surface area contributed by atoms with E-state index in [1.807, 2.05) is 42.7 Å². The van der Waals surface area contributed by atoms with Gasteiger partial charge in [0.15, 0.2) is 0 Å². The number of fused-ring (bicyclic) bond motifs is 3. The largest absolute Gasteiger partial charge is 0.480 e. The second kappa shape index (κ2) is 10.5. The highest BCUT2D eigenvalue weighted by Gasteiger charge is 2.41. The molecule has 1 saturated heterocycles. The first-order valence-corrected chi connectivity index (χ1v) is 12.6. The molecule has 2 aliphatic rings. The number of benzene rings is 2. The van der Waals surface area contributed by atoms with E-state index in [9.17, 15) is 24.6 Å². The van der Waals surface area contributed by atoms with Gasteiger partial charge in [-0.3, -0.25) is 4.79 Å². The topological polar surface area (TPSA) is 116 Å². The minimum absolute atomic E-state index is 0.0265. The number of likely N-dealkylation sites (tertiary alicyclic amines) is 1. The molecule has 3 N–H and O–H groups in total. The molecule has 0 unspecified atom stereocenters. The van der Waals surface area contributed by atoms with Crippen molar-refractivity contribution in [2.75, 3.05) is 25.2 Å². The van der Waals surface area contributed by atoms with Crippen LogP contribution in [-0.4, -0.2) is 76.4 Å². The van der Waals surface area contributed by atoms with E-state index in [0.717, 1.165) is 27.2 Å². The molecule has 34 heavy (non-hydrogen) atoms. The Balaban J connectivity index is 1.44. The normalized spacial score (nSPS) is 19.9. The predicted octanol–water partition coefficient (Wildman–Crippen LogP) is 2.69. The summed E-state index contributed by atoms with van der Waals surface area (Å²) in [6, 6.07) is 14.0. The fourth-order valence-corrected chi connectivity index (χ4v) is 5.24. The van der Waals surface area contributed by atoms with E-state index in [1.165, 1.54) is 11.8 Å². The summed E-state index contributed by atoms with van der Waals surface area (Å²) in [7, 11) is 0. The number of rotatable bonds is 8. The van der Waals surface area contributed by atoms with E-state index in [0.29, 0.717) is 12.2 Å². The maximum absolute atomic E-state index is 13.1. The first-order chi connectivity index (χ1) is 16.4. The van der Waals surface area contributed by atoms with Crippen molar-refractivity contribution in [2.24, 2.45) is 0 Å². The Labute approximate surface area is 202 Å². The Morgan fingerprint density at radius 1 is 1.12 bits per heavy atom. The molecule has 180 valence electrons. The van der Waals surface area contributed by atoms with Crippen molar-refractivity contribution in [2.45, 2.75) is 36.9 Å². The summed E-state index contributed by atoms with van der Waals surface area (Å²) < 4.78 is 5.57. The van der Waals surface area contributed by atoms with Gasteiger partial charge in [-0.2, -0.15) is 11.8 Å². The van der Waals surface area contributed by atoms with Crippen molar-refractivity contribution in [3.05, 3.63) is 59.7 Å². The van der Waals surface area contributed by atoms with Gasteiger partial charge in [-0.25, -0.2) is 9.59 Å². The predicted molar refractivity (Wildman–Crippen MR) is 129 cm³/mol. The minimum atomic E-state index is -1.17. The van der Waals surface area contributed by atoms with Crippen molar-refractivity contribution in [3.8, 4) is 11.1 Å². The Morgan fingerprint density at radius 2 is 1.74 bits per heavy atom. The van der Waals surface area contributed by atoms with E-state index in [1.54, 1.807) is 0 Å². The second-order valence-electron chi connectivity index (χ2n) is 8.54. The van der Waals surface area contributed by atoms with Crippen LogP contribution in [0.3, 0.4) is 0 Å². The maximum atomic E-state index is 13.1. The summed E-state index contributed by atoms with van der Waals surface area (Å²) in [5, 5.41) is 22.0.